The Morgan fingerprint density at radius 2 is 1.66 bits per heavy atom. The third-order valence-corrected chi connectivity index (χ3v) is 6.89. The van der Waals surface area contributed by atoms with Gasteiger partial charge in [0.05, 0.1) is 32.1 Å². The van der Waals surface area contributed by atoms with E-state index >= 15 is 0 Å². The van der Waals surface area contributed by atoms with Crippen molar-refractivity contribution in [2.45, 2.75) is 0 Å². The minimum absolute atomic E-state index is 0.531. The van der Waals surface area contributed by atoms with E-state index in [4.69, 9.17) is 19.2 Å². The first-order valence-corrected chi connectivity index (χ1v) is 13.2. The fourth-order valence-electron chi connectivity index (χ4n) is 4.78. The fourth-order valence-corrected chi connectivity index (χ4v) is 4.78. The molecular weight excluding hydrogens is 480 g/mol. The van der Waals surface area contributed by atoms with Crippen molar-refractivity contribution >= 4 is 28.2 Å². The van der Waals surface area contributed by atoms with E-state index in [9.17, 15) is 0 Å². The zero-order valence-electron chi connectivity index (χ0n) is 21.4. The molecule has 4 heterocycles. The lowest BCUT2D eigenvalue weighted by atomic mass is 10.1. The molecule has 2 aliphatic rings. The number of hydrogen-bond acceptors (Lipinski definition) is 9. The Balaban J connectivity index is 1.17. The molecule has 0 radical (unpaired) electrons. The maximum Gasteiger partial charge on any atom is 0.227 e. The second-order valence-electron chi connectivity index (χ2n) is 9.39. The van der Waals surface area contributed by atoms with Crippen LogP contribution in [0.15, 0.2) is 67.0 Å². The van der Waals surface area contributed by atoms with E-state index in [1.807, 2.05) is 36.5 Å². The molecule has 0 bridgehead atoms. The topological polar surface area (TPSA) is 84.9 Å². The van der Waals surface area contributed by atoms with Gasteiger partial charge in [-0.1, -0.05) is 12.1 Å². The summed E-state index contributed by atoms with van der Waals surface area (Å²) in [6.45, 7) is 8.38. The van der Waals surface area contributed by atoms with Gasteiger partial charge in [-0.15, -0.1) is 0 Å². The number of pyridine rings is 1. The fraction of sp³-hybridized carbons (Fsp3) is 0.345. The summed E-state index contributed by atoms with van der Waals surface area (Å²) in [4.78, 5) is 18.7. The summed E-state index contributed by atoms with van der Waals surface area (Å²) in [6, 6.07) is 18.3. The third-order valence-electron chi connectivity index (χ3n) is 6.89. The van der Waals surface area contributed by atoms with E-state index in [2.05, 4.69) is 49.4 Å². The van der Waals surface area contributed by atoms with Crippen LogP contribution >= 0.6 is 0 Å². The molecule has 2 fully saturated rings. The van der Waals surface area contributed by atoms with E-state index < -0.39 is 0 Å². The molecule has 2 aliphatic heterocycles. The lowest BCUT2D eigenvalue weighted by molar-refractivity contribution is 0.0322. The van der Waals surface area contributed by atoms with Crippen molar-refractivity contribution in [3.63, 3.8) is 0 Å². The van der Waals surface area contributed by atoms with E-state index in [-0.39, 0.29) is 0 Å². The smallest absolute Gasteiger partial charge is 0.227 e. The van der Waals surface area contributed by atoms with Crippen LogP contribution in [0.1, 0.15) is 0 Å². The molecule has 0 unspecified atom stereocenters. The van der Waals surface area contributed by atoms with E-state index in [1.165, 1.54) is 5.69 Å². The zero-order valence-corrected chi connectivity index (χ0v) is 21.4. The summed E-state index contributed by atoms with van der Waals surface area (Å²) >= 11 is 0. The highest BCUT2D eigenvalue weighted by molar-refractivity contribution is 5.91. The second kappa shape index (κ2) is 11.7. The molecule has 2 saturated heterocycles. The van der Waals surface area contributed by atoms with Crippen LogP contribution in [0.25, 0.3) is 22.2 Å². The average molecular weight is 513 g/mol. The zero-order chi connectivity index (χ0) is 25.6. The van der Waals surface area contributed by atoms with E-state index in [0.29, 0.717) is 12.6 Å². The molecule has 9 nitrogen and oxygen atoms in total. The van der Waals surface area contributed by atoms with Gasteiger partial charge in [0.1, 0.15) is 17.9 Å². The maximum absolute atomic E-state index is 6.07. The summed E-state index contributed by atoms with van der Waals surface area (Å²) in [6.07, 6.45) is 3.63. The number of benzene rings is 2. The van der Waals surface area contributed by atoms with E-state index in [0.717, 1.165) is 92.7 Å². The summed E-state index contributed by atoms with van der Waals surface area (Å²) in [5.74, 6) is 1.35. The monoisotopic (exact) mass is 512 g/mol. The van der Waals surface area contributed by atoms with Gasteiger partial charge in [0, 0.05) is 67.4 Å². The van der Waals surface area contributed by atoms with Crippen molar-refractivity contribution < 1.29 is 14.2 Å². The Morgan fingerprint density at radius 1 is 0.868 bits per heavy atom. The molecule has 0 saturated carbocycles. The maximum atomic E-state index is 6.07. The summed E-state index contributed by atoms with van der Waals surface area (Å²) in [7, 11) is 0. The number of anilines is 3. The van der Waals surface area contributed by atoms with Crippen LogP contribution in [0.2, 0.25) is 0 Å². The molecule has 196 valence electrons. The molecule has 1 N–H and O–H groups in total. The first kappa shape index (κ1) is 24.5. The summed E-state index contributed by atoms with van der Waals surface area (Å²) in [5.41, 5.74) is 4.67. The lowest BCUT2D eigenvalue weighted by Gasteiger charge is -2.28. The Morgan fingerprint density at radius 3 is 2.47 bits per heavy atom. The van der Waals surface area contributed by atoms with Gasteiger partial charge >= 0.3 is 0 Å². The summed E-state index contributed by atoms with van der Waals surface area (Å²) in [5, 5.41) is 4.28. The number of aromatic nitrogens is 3. The molecule has 2 aromatic carbocycles. The molecule has 0 amide bonds. The predicted molar refractivity (Wildman–Crippen MR) is 148 cm³/mol. The number of rotatable bonds is 8. The number of morpholine rings is 2. The van der Waals surface area contributed by atoms with Gasteiger partial charge in [-0.05, 0) is 42.5 Å². The lowest BCUT2D eigenvalue weighted by Crippen LogP contribution is -2.38. The quantitative estimate of drug-likeness (QED) is 0.377. The minimum atomic E-state index is 0.531. The van der Waals surface area contributed by atoms with Crippen molar-refractivity contribution in [3.05, 3.63) is 67.0 Å². The minimum Gasteiger partial charge on any atom is -0.492 e. The SMILES string of the molecule is c1cc(OCCN2CCOCC2)cc(-c2nccc3cnc(Nc4ccc(N5CCOCC5)cc4)nc23)c1. The van der Waals surface area contributed by atoms with Gasteiger partial charge in [-0.2, -0.15) is 0 Å². The van der Waals surface area contributed by atoms with Crippen LogP contribution in [0.3, 0.4) is 0 Å². The van der Waals surface area contributed by atoms with Crippen LogP contribution in [0, 0.1) is 0 Å². The van der Waals surface area contributed by atoms with Gasteiger partial charge < -0.3 is 24.4 Å². The molecule has 38 heavy (non-hydrogen) atoms. The normalized spacial score (nSPS) is 16.5. The molecule has 6 rings (SSSR count). The molecule has 0 aliphatic carbocycles. The Bertz CT molecular complexity index is 1350. The van der Waals surface area contributed by atoms with Crippen molar-refractivity contribution in [1.29, 1.82) is 0 Å². The summed E-state index contributed by atoms with van der Waals surface area (Å²) < 4.78 is 17.0. The van der Waals surface area contributed by atoms with Crippen LogP contribution in [0.4, 0.5) is 17.3 Å². The van der Waals surface area contributed by atoms with Crippen molar-refractivity contribution in [2.75, 3.05) is 76.0 Å². The molecular formula is C29H32N6O3. The predicted octanol–water partition coefficient (Wildman–Crippen LogP) is 3.98. The van der Waals surface area contributed by atoms with E-state index in [1.54, 1.807) is 6.20 Å². The Labute approximate surface area is 222 Å². The van der Waals surface area contributed by atoms with Crippen molar-refractivity contribution in [3.8, 4) is 17.0 Å². The standard InChI is InChI=1S/C29H32N6O3/c1-2-22(20-26(3-1)38-19-12-34-10-15-36-16-11-34)27-28-23(8-9-30-27)21-31-29(33-28)32-24-4-6-25(7-5-24)35-13-17-37-18-14-35/h1-9,20-21H,10-19H2,(H,31,32,33). The molecule has 0 atom stereocenters. The Hall–Kier alpha value is -3.79. The van der Waals surface area contributed by atoms with Gasteiger partial charge in [-0.3, -0.25) is 9.88 Å². The number of nitrogens with one attached hydrogen (secondary N) is 1. The third kappa shape index (κ3) is 5.85. The van der Waals surface area contributed by atoms with Gasteiger partial charge in [-0.25, -0.2) is 9.97 Å². The molecule has 4 aromatic rings. The number of nitrogens with zero attached hydrogens (tertiary/aromatic N) is 5. The first-order valence-electron chi connectivity index (χ1n) is 13.2. The van der Waals surface area contributed by atoms with Crippen molar-refractivity contribution in [2.24, 2.45) is 0 Å². The Kier molecular flexibility index (Phi) is 7.57. The number of fused-ring (bicyclic) bond motifs is 1. The van der Waals surface area contributed by atoms with Crippen LogP contribution < -0.4 is 15.0 Å². The van der Waals surface area contributed by atoms with Crippen molar-refractivity contribution in [1.82, 2.24) is 19.9 Å². The molecule has 9 heteroatoms. The molecule has 0 spiro atoms. The highest BCUT2D eigenvalue weighted by Crippen LogP contribution is 2.29. The van der Waals surface area contributed by atoms with Gasteiger partial charge in [0.15, 0.2) is 0 Å². The first-order chi connectivity index (χ1) is 18.8. The van der Waals surface area contributed by atoms with Crippen LogP contribution in [-0.2, 0) is 9.47 Å². The average Bonchev–Trinajstić information content (AvgIpc) is 2.98. The van der Waals surface area contributed by atoms with Gasteiger partial charge in [0.2, 0.25) is 5.95 Å². The second-order valence-corrected chi connectivity index (χ2v) is 9.39. The van der Waals surface area contributed by atoms with Gasteiger partial charge in [0.25, 0.3) is 0 Å². The highest BCUT2D eigenvalue weighted by atomic mass is 16.5. The number of ether oxygens (including phenoxy) is 3. The number of hydrogen-bond donors (Lipinski definition) is 1. The van der Waals surface area contributed by atoms with Crippen LogP contribution in [-0.4, -0.2) is 85.6 Å². The molecule has 2 aromatic heterocycles. The van der Waals surface area contributed by atoms with Crippen LogP contribution in [0.5, 0.6) is 5.75 Å². The highest BCUT2D eigenvalue weighted by Gasteiger charge is 2.13. The largest absolute Gasteiger partial charge is 0.492 e.